The Morgan fingerprint density at radius 3 is 2.69 bits per heavy atom. The molecule has 0 radical (unpaired) electrons. The van der Waals surface area contributed by atoms with Gasteiger partial charge in [0.25, 0.3) is 10.2 Å². The number of rotatable bonds is 10. The topological polar surface area (TPSA) is 109 Å². The van der Waals surface area contributed by atoms with Crippen LogP contribution in [0.4, 0.5) is 5.82 Å². The van der Waals surface area contributed by atoms with Gasteiger partial charge in [-0.25, -0.2) is 9.97 Å². The molecular formula is C25H31N7O2S. The van der Waals surface area contributed by atoms with Gasteiger partial charge >= 0.3 is 0 Å². The van der Waals surface area contributed by atoms with E-state index in [4.69, 9.17) is 5.26 Å². The number of nitriles is 1. The highest BCUT2D eigenvalue weighted by Gasteiger charge is 2.57. The molecule has 5 rings (SSSR count). The number of unbranched alkanes of at least 4 members (excludes halogenated alkanes) is 2. The van der Waals surface area contributed by atoms with Crippen LogP contribution in [0.5, 0.6) is 0 Å². The zero-order valence-electron chi connectivity index (χ0n) is 19.8. The molecule has 1 aliphatic heterocycles. The summed E-state index contributed by atoms with van der Waals surface area (Å²) in [6, 6.07) is 14.1. The Morgan fingerprint density at radius 1 is 1.09 bits per heavy atom. The Labute approximate surface area is 206 Å². The molecule has 0 bridgehead atoms. The van der Waals surface area contributed by atoms with E-state index < -0.39 is 10.2 Å². The molecule has 1 saturated heterocycles. The van der Waals surface area contributed by atoms with Gasteiger partial charge in [-0.1, -0.05) is 30.3 Å². The Morgan fingerprint density at radius 2 is 1.91 bits per heavy atom. The fourth-order valence-corrected chi connectivity index (χ4v) is 7.04. The quantitative estimate of drug-likeness (QED) is 0.435. The van der Waals surface area contributed by atoms with Gasteiger partial charge < -0.3 is 9.88 Å². The molecule has 1 spiro atoms. The molecular weight excluding hydrogens is 462 g/mol. The molecule has 3 heterocycles. The maximum Gasteiger partial charge on any atom is 0.282 e. The van der Waals surface area contributed by atoms with Gasteiger partial charge in [0, 0.05) is 45.3 Å². The second-order valence-corrected chi connectivity index (χ2v) is 11.3. The van der Waals surface area contributed by atoms with Crippen molar-refractivity contribution in [1.82, 2.24) is 23.6 Å². The first-order chi connectivity index (χ1) is 17.0. The molecule has 1 aliphatic carbocycles. The fraction of sp³-hybridized carbons (Fsp3) is 0.480. The van der Waals surface area contributed by atoms with E-state index in [0.29, 0.717) is 58.4 Å². The predicted octanol–water partition coefficient (Wildman–Crippen LogP) is 3.10. The molecule has 184 valence electrons. The molecule has 1 N–H and O–H groups in total. The number of H-pyrrole nitrogens is 1. The average Bonchev–Trinajstić information content (AvgIpc) is 3.44. The first kappa shape index (κ1) is 23.7. The summed E-state index contributed by atoms with van der Waals surface area (Å²) in [7, 11) is -3.65. The minimum Gasteiger partial charge on any atom is -0.353 e. The van der Waals surface area contributed by atoms with Gasteiger partial charge in [0.05, 0.1) is 17.0 Å². The largest absolute Gasteiger partial charge is 0.353 e. The molecule has 35 heavy (non-hydrogen) atoms. The van der Waals surface area contributed by atoms with E-state index in [0.717, 1.165) is 35.3 Å². The minimum atomic E-state index is -3.65. The van der Waals surface area contributed by atoms with Crippen molar-refractivity contribution in [2.75, 3.05) is 37.6 Å². The van der Waals surface area contributed by atoms with Gasteiger partial charge in [0.2, 0.25) is 0 Å². The number of nitrogens with one attached hydrogen (secondary N) is 1. The first-order valence-corrected chi connectivity index (χ1v) is 13.7. The molecule has 2 aromatic heterocycles. The molecule has 2 aliphatic rings. The molecule has 3 aromatic rings. The highest BCUT2D eigenvalue weighted by atomic mass is 32.2. The Bertz CT molecular complexity index is 1300. The van der Waals surface area contributed by atoms with E-state index in [9.17, 15) is 8.42 Å². The normalized spacial score (nSPS) is 17.8. The third-order valence-corrected chi connectivity index (χ3v) is 9.24. The molecule has 0 amide bonds. The van der Waals surface area contributed by atoms with Crippen molar-refractivity contribution in [3.05, 3.63) is 54.5 Å². The van der Waals surface area contributed by atoms with Crippen LogP contribution < -0.4 is 4.90 Å². The summed E-state index contributed by atoms with van der Waals surface area (Å²) in [5, 5.41) is 9.85. The van der Waals surface area contributed by atoms with Crippen molar-refractivity contribution in [1.29, 1.82) is 5.26 Å². The molecule has 1 aromatic carbocycles. The summed E-state index contributed by atoms with van der Waals surface area (Å²) in [6.07, 6.45) is 7.61. The van der Waals surface area contributed by atoms with Crippen molar-refractivity contribution in [3.63, 3.8) is 0 Å². The zero-order chi connectivity index (χ0) is 24.3. The van der Waals surface area contributed by atoms with E-state index >= 15 is 0 Å². The number of fused-ring (bicyclic) bond motifs is 1. The standard InChI is InChI=1S/C25H31N7O2S/c26-13-5-2-6-15-31(16-10-21-7-3-1-4-8-21)35(33,34)32-18-17-30(19-25(32)11-12-25)24-22-9-14-27-23(22)28-20-29-24/h1,3-4,7-9,14,20H,2,5-6,10-12,15-19H2,(H,27,28,29). The lowest BCUT2D eigenvalue weighted by atomic mass is 10.1. The third kappa shape index (κ3) is 4.89. The molecule has 10 heteroatoms. The zero-order valence-corrected chi connectivity index (χ0v) is 20.6. The lowest BCUT2D eigenvalue weighted by molar-refractivity contribution is 0.243. The maximum atomic E-state index is 14.0. The van der Waals surface area contributed by atoms with Crippen LogP contribution in [-0.2, 0) is 16.6 Å². The van der Waals surface area contributed by atoms with Gasteiger partial charge in [-0.15, -0.1) is 0 Å². The van der Waals surface area contributed by atoms with Gasteiger partial charge in [0.15, 0.2) is 0 Å². The van der Waals surface area contributed by atoms with E-state index in [1.165, 1.54) is 0 Å². The van der Waals surface area contributed by atoms with Gasteiger partial charge in [-0.3, -0.25) is 0 Å². The minimum absolute atomic E-state index is 0.387. The summed E-state index contributed by atoms with van der Waals surface area (Å²) in [5.74, 6) is 0.858. The number of aromatic amines is 1. The van der Waals surface area contributed by atoms with Crippen LogP contribution in [0.1, 0.15) is 37.7 Å². The van der Waals surface area contributed by atoms with Crippen molar-refractivity contribution < 1.29 is 8.42 Å². The number of anilines is 1. The SMILES string of the molecule is N#CCCCCN(CCc1ccccc1)S(=O)(=O)N1CCN(c2ncnc3[nH]ccc23)CC12CC2. The monoisotopic (exact) mass is 493 g/mol. The van der Waals surface area contributed by atoms with Crippen LogP contribution in [0.15, 0.2) is 48.9 Å². The van der Waals surface area contributed by atoms with Crippen molar-refractivity contribution in [2.45, 2.75) is 44.1 Å². The second kappa shape index (κ2) is 9.93. The average molecular weight is 494 g/mol. The van der Waals surface area contributed by atoms with Crippen LogP contribution in [0, 0.1) is 11.3 Å². The number of nitrogens with zero attached hydrogens (tertiary/aromatic N) is 6. The first-order valence-electron chi connectivity index (χ1n) is 12.3. The van der Waals surface area contributed by atoms with E-state index in [1.54, 1.807) is 14.9 Å². The van der Waals surface area contributed by atoms with Crippen molar-refractivity contribution >= 4 is 27.1 Å². The number of hydrogen-bond donors (Lipinski definition) is 1. The Balaban J connectivity index is 1.34. The molecule has 0 unspecified atom stereocenters. The Kier molecular flexibility index (Phi) is 6.73. The third-order valence-electron chi connectivity index (χ3n) is 7.09. The lowest BCUT2D eigenvalue weighted by Gasteiger charge is -2.43. The number of piperazine rings is 1. The highest BCUT2D eigenvalue weighted by Crippen LogP contribution is 2.47. The second-order valence-electron chi connectivity index (χ2n) is 9.41. The number of benzene rings is 1. The fourth-order valence-electron chi connectivity index (χ4n) is 5.04. The lowest BCUT2D eigenvalue weighted by Crippen LogP contribution is -2.60. The van der Waals surface area contributed by atoms with Gasteiger partial charge in [-0.05, 0) is 43.7 Å². The summed E-state index contributed by atoms with van der Waals surface area (Å²) < 4.78 is 31.3. The number of hydrogen-bond acceptors (Lipinski definition) is 6. The van der Waals surface area contributed by atoms with Crippen LogP contribution >= 0.6 is 0 Å². The van der Waals surface area contributed by atoms with E-state index in [2.05, 4.69) is 25.9 Å². The summed E-state index contributed by atoms with van der Waals surface area (Å²) in [5.41, 5.74) is 1.52. The predicted molar refractivity (Wildman–Crippen MR) is 135 cm³/mol. The smallest absolute Gasteiger partial charge is 0.282 e. The molecule has 1 saturated carbocycles. The van der Waals surface area contributed by atoms with Crippen molar-refractivity contribution in [2.24, 2.45) is 0 Å². The van der Waals surface area contributed by atoms with Crippen LogP contribution in [0.2, 0.25) is 0 Å². The molecule has 0 atom stereocenters. The highest BCUT2D eigenvalue weighted by molar-refractivity contribution is 7.86. The number of aromatic nitrogens is 3. The summed E-state index contributed by atoms with van der Waals surface area (Å²) >= 11 is 0. The maximum absolute atomic E-state index is 14.0. The molecule has 2 fully saturated rings. The van der Waals surface area contributed by atoms with Gasteiger partial charge in [0.1, 0.15) is 17.8 Å². The van der Waals surface area contributed by atoms with Crippen LogP contribution in [0.3, 0.4) is 0 Å². The van der Waals surface area contributed by atoms with Crippen molar-refractivity contribution in [3.8, 4) is 6.07 Å². The van der Waals surface area contributed by atoms with E-state index in [1.807, 2.05) is 42.6 Å². The van der Waals surface area contributed by atoms with Crippen LogP contribution in [0.25, 0.3) is 11.0 Å². The van der Waals surface area contributed by atoms with Gasteiger partial charge in [-0.2, -0.15) is 22.3 Å². The molecule has 9 nitrogen and oxygen atoms in total. The van der Waals surface area contributed by atoms with Crippen LogP contribution in [-0.4, -0.2) is 70.2 Å². The summed E-state index contributed by atoms with van der Waals surface area (Å²) in [6.45, 7) is 2.51. The van der Waals surface area contributed by atoms with E-state index in [-0.39, 0.29) is 5.54 Å². The summed E-state index contributed by atoms with van der Waals surface area (Å²) in [4.78, 5) is 14.2. The Hall–Kier alpha value is -3.00.